The second kappa shape index (κ2) is 53.8. The van der Waals surface area contributed by atoms with E-state index in [9.17, 15) is 89.1 Å². The average Bonchev–Trinajstić information content (AvgIpc) is 0.890. The van der Waals surface area contributed by atoms with Crippen molar-refractivity contribution in [2.75, 3.05) is 13.2 Å². The summed E-state index contributed by atoms with van der Waals surface area (Å²) in [6, 6.07) is 0. The van der Waals surface area contributed by atoms with Crippen LogP contribution in [0, 0.1) is 16.7 Å². The lowest BCUT2D eigenvalue weighted by Gasteiger charge is -2.28. The van der Waals surface area contributed by atoms with E-state index in [2.05, 4.69) is 6.92 Å². The number of hydrogen-bond acceptors (Lipinski definition) is 27. The molecule has 0 aromatic carbocycles. The first-order valence-corrected chi connectivity index (χ1v) is 39.0. The number of unbranched alkanes of at least 4 members (excludes halogenated alkanes) is 1. The van der Waals surface area contributed by atoms with Gasteiger partial charge in [0.1, 0.15) is 29.5 Å². The van der Waals surface area contributed by atoms with Crippen LogP contribution in [0.4, 0.5) is 0 Å². The maximum absolute atomic E-state index is 11.3. The van der Waals surface area contributed by atoms with Gasteiger partial charge in [0.15, 0.2) is 50.4 Å². The summed E-state index contributed by atoms with van der Waals surface area (Å²) in [6.07, 6.45) is 12.5. The molecule has 0 aromatic heterocycles. The third-order valence-electron chi connectivity index (χ3n) is 15.1. The Hall–Kier alpha value is -5.13. The molecular weight excluding hydrogens is 1430 g/mol. The van der Waals surface area contributed by atoms with Crippen molar-refractivity contribution in [2.45, 2.75) is 452 Å². The molecular formula is C83H164O27. The largest absolute Gasteiger partial charge is 0.463 e. The zero-order valence-corrected chi connectivity index (χ0v) is 76.2. The Kier molecular flexibility index (Phi) is 59.0. The molecule has 1 aliphatic rings. The lowest BCUT2D eigenvalue weighted by molar-refractivity contribution is -0.176. The van der Waals surface area contributed by atoms with Gasteiger partial charge in [-0.3, -0.25) is 0 Å². The van der Waals surface area contributed by atoms with Crippen molar-refractivity contribution in [2.24, 2.45) is 16.7 Å². The molecule has 1 saturated carbocycles. The molecule has 0 heterocycles. The van der Waals surface area contributed by atoms with Crippen LogP contribution in [0.15, 0.2) is 0 Å². The maximum Gasteiger partial charge on any atom is 0.338 e. The van der Waals surface area contributed by atoms with Crippen molar-refractivity contribution in [3.05, 3.63) is 0 Å². The van der Waals surface area contributed by atoms with E-state index in [-0.39, 0.29) is 47.3 Å². The number of aliphatic hydroxyl groups is 9. The minimum absolute atomic E-state index is 0.0130. The Labute approximate surface area is 664 Å². The molecule has 1 aliphatic carbocycles. The van der Waals surface area contributed by atoms with Crippen LogP contribution in [0.25, 0.3) is 0 Å². The van der Waals surface area contributed by atoms with Crippen LogP contribution in [0.1, 0.15) is 360 Å². The van der Waals surface area contributed by atoms with E-state index in [1.807, 2.05) is 138 Å². The summed E-state index contributed by atoms with van der Waals surface area (Å²) < 4.78 is 45.0. The van der Waals surface area contributed by atoms with Crippen molar-refractivity contribution in [1.29, 1.82) is 0 Å². The van der Waals surface area contributed by atoms with Gasteiger partial charge in [-0.2, -0.15) is 0 Å². The first-order chi connectivity index (χ1) is 48.6. The van der Waals surface area contributed by atoms with Gasteiger partial charge in [0.25, 0.3) is 0 Å². The predicted molar refractivity (Wildman–Crippen MR) is 428 cm³/mol. The number of hydrogen-bond donors (Lipinski definition) is 9. The van der Waals surface area contributed by atoms with Gasteiger partial charge in [0.05, 0.1) is 25.4 Å². The summed E-state index contributed by atoms with van der Waals surface area (Å²) in [5.41, 5.74) is -13.4. The second-order valence-electron chi connectivity index (χ2n) is 36.2. The van der Waals surface area contributed by atoms with E-state index in [1.165, 1.54) is 125 Å². The van der Waals surface area contributed by atoms with Gasteiger partial charge in [0, 0.05) is 0 Å². The maximum atomic E-state index is 11.3. The zero-order valence-electron chi connectivity index (χ0n) is 76.2. The third-order valence-corrected chi connectivity index (χ3v) is 15.1. The first kappa shape index (κ1) is 121. The number of rotatable bonds is 31. The molecule has 9 N–H and O–H groups in total. The quantitative estimate of drug-likeness (QED) is 0.0230. The van der Waals surface area contributed by atoms with Crippen LogP contribution >= 0.6 is 0 Å². The molecule has 3 atom stereocenters. The summed E-state index contributed by atoms with van der Waals surface area (Å²) >= 11 is 0. The Morgan fingerprint density at radius 2 is 0.655 bits per heavy atom. The van der Waals surface area contributed by atoms with Crippen molar-refractivity contribution >= 4 is 53.7 Å². The van der Waals surface area contributed by atoms with Gasteiger partial charge in [-0.05, 0) is 254 Å². The summed E-state index contributed by atoms with van der Waals surface area (Å²) in [5.74, 6) is -4.72. The highest BCUT2D eigenvalue weighted by atomic mass is 16.6. The van der Waals surface area contributed by atoms with Crippen LogP contribution in [0.5, 0.6) is 0 Å². The molecule has 0 saturated heterocycles. The van der Waals surface area contributed by atoms with Crippen LogP contribution in [0.3, 0.4) is 0 Å². The highest BCUT2D eigenvalue weighted by molar-refractivity contribution is 5.81. The number of esters is 9. The molecule has 0 aliphatic heterocycles. The molecule has 0 spiro atoms. The van der Waals surface area contributed by atoms with Gasteiger partial charge in [-0.15, -0.1) is 0 Å². The van der Waals surface area contributed by atoms with Gasteiger partial charge in [0.2, 0.25) is 0 Å². The molecule has 0 aromatic rings. The fraction of sp³-hybridized carbons (Fsp3) is 0.892. The van der Waals surface area contributed by atoms with Gasteiger partial charge >= 0.3 is 53.7 Å². The molecule has 0 radical (unpaired) electrons. The standard InChI is InChI=1S/3C10H20O3.5C9H18O3.C8H14O3/c1-6-9(2,3)7-13-8(11)10(4,5)12;1-6-7-9(2,3)13-8(11)10(4,5)12;1-5-6-7-8(2)13-9(11)10(3,4)12;1-8(2,3)6-12-7(10)9(4,5)11;1-6-8(2,3)12-7(10)9(4,5)11;1-6(2)7(3)12-8(10)9(4,5)11;1-5-6-7(2)12-8(10)9(3,4)11;1-5-7(6-2)12-8(10)9(3,4)11;1-8(2,10)7(9)11-6-4-3-5-6/h2*12H,6-7H2,1-5H3;8,12H,5-7H2,1-4H3;2*11H,6H2,1-5H3;6-7,11H,1-5H3;2*7,11H,5-6H2,1-4H3;6,10H,3-5H2,1-2H3. The van der Waals surface area contributed by atoms with Gasteiger partial charge < -0.3 is 88.6 Å². The van der Waals surface area contributed by atoms with E-state index in [0.29, 0.717) is 13.2 Å². The molecule has 3 unspecified atom stereocenters. The SMILES string of the molecule is CC(C)(C)COC(=O)C(C)(C)O.CC(C)(O)C(=O)OC1CCC1.CC(C)C(C)OC(=O)C(C)(C)O.CCC(C)(C)COC(=O)C(C)(C)O.CCC(C)(C)OC(=O)C(C)(C)O.CCC(CC)OC(=O)C(C)(C)O.CCCC(C)(C)OC(=O)C(C)(C)O.CCCC(C)OC(=O)C(C)(C)O.CCCCC(C)OC(=O)C(C)(C)O. The van der Waals surface area contributed by atoms with Crippen LogP contribution in [-0.2, 0) is 85.8 Å². The van der Waals surface area contributed by atoms with E-state index < -0.39 is 115 Å². The summed E-state index contributed by atoms with van der Waals surface area (Å²) in [7, 11) is 0. The van der Waals surface area contributed by atoms with Crippen LogP contribution < -0.4 is 0 Å². The fourth-order valence-corrected chi connectivity index (χ4v) is 6.13. The molecule has 658 valence electrons. The van der Waals surface area contributed by atoms with Gasteiger partial charge in [-0.1, -0.05) is 123 Å². The number of carbonyl (C=O) groups excluding carboxylic acids is 9. The number of carbonyl (C=O) groups is 9. The first-order valence-electron chi connectivity index (χ1n) is 39.0. The Balaban J connectivity index is -0.000000177. The average molecular weight is 1590 g/mol. The molecule has 0 amide bonds. The molecule has 27 nitrogen and oxygen atoms in total. The van der Waals surface area contributed by atoms with Crippen LogP contribution in [0.2, 0.25) is 0 Å². The van der Waals surface area contributed by atoms with Crippen LogP contribution in [-0.4, -0.2) is 205 Å². The monoisotopic (exact) mass is 1590 g/mol. The van der Waals surface area contributed by atoms with Crippen molar-refractivity contribution in [3.63, 3.8) is 0 Å². The van der Waals surface area contributed by atoms with Crippen molar-refractivity contribution in [3.8, 4) is 0 Å². The summed E-state index contributed by atoms with van der Waals surface area (Å²) in [5, 5.41) is 83.3. The molecule has 27 heteroatoms. The minimum atomic E-state index is -1.40. The van der Waals surface area contributed by atoms with E-state index in [4.69, 9.17) is 42.6 Å². The zero-order chi connectivity index (χ0) is 89.8. The highest BCUT2D eigenvalue weighted by Gasteiger charge is 2.36. The van der Waals surface area contributed by atoms with Gasteiger partial charge in [-0.25, -0.2) is 43.2 Å². The molecule has 110 heavy (non-hydrogen) atoms. The van der Waals surface area contributed by atoms with Crippen molar-refractivity contribution in [1.82, 2.24) is 0 Å². The molecule has 0 bridgehead atoms. The van der Waals surface area contributed by atoms with E-state index in [1.54, 1.807) is 0 Å². The van der Waals surface area contributed by atoms with E-state index >= 15 is 0 Å². The van der Waals surface area contributed by atoms with E-state index in [0.717, 1.165) is 89.9 Å². The molecule has 1 rings (SSSR count). The second-order valence-corrected chi connectivity index (χ2v) is 36.2. The molecule has 1 fully saturated rings. The minimum Gasteiger partial charge on any atom is -0.463 e. The smallest absolute Gasteiger partial charge is 0.338 e. The topological polar surface area (TPSA) is 419 Å². The highest BCUT2D eigenvalue weighted by Crippen LogP contribution is 2.25. The Bertz CT molecular complexity index is 2520. The predicted octanol–water partition coefficient (Wildman–Crippen LogP) is 13.5. The van der Waals surface area contributed by atoms with Crippen molar-refractivity contribution < 1.29 is 132 Å². The number of ether oxygens (including phenoxy) is 9. The summed E-state index contributed by atoms with van der Waals surface area (Å²) in [4.78, 5) is 100. The summed E-state index contributed by atoms with van der Waals surface area (Å²) in [6.45, 7) is 67.0. The fourth-order valence-electron chi connectivity index (χ4n) is 6.13. The Morgan fingerprint density at radius 1 is 0.345 bits per heavy atom. The third kappa shape index (κ3) is 71.9. The Morgan fingerprint density at radius 3 is 0.909 bits per heavy atom. The lowest BCUT2D eigenvalue weighted by Crippen LogP contribution is -2.39. The normalized spacial score (nSPS) is 13.8. The lowest BCUT2D eigenvalue weighted by atomic mass is 9.92.